The van der Waals surface area contributed by atoms with E-state index in [0.29, 0.717) is 5.56 Å². The number of carbonyl (C=O) groups excluding carboxylic acids is 2. The van der Waals surface area contributed by atoms with Crippen LogP contribution in [0.25, 0.3) is 11.1 Å². The van der Waals surface area contributed by atoms with Crippen molar-refractivity contribution in [2.45, 2.75) is 18.4 Å². The van der Waals surface area contributed by atoms with Gasteiger partial charge in [-0.3, -0.25) is 10.1 Å². The summed E-state index contributed by atoms with van der Waals surface area (Å²) in [6.45, 7) is 0.102. The average Bonchev–Trinajstić information content (AvgIpc) is 3.15. The SMILES string of the molecule is COC(=O)[C@H](Cc1cccc([N+](=O)[O-])c1)NC(=O)OCC1c2ccccc2-c2ccccc21. The molecule has 0 aliphatic heterocycles. The van der Waals surface area contributed by atoms with Crippen molar-refractivity contribution in [3.05, 3.63) is 99.6 Å². The van der Waals surface area contributed by atoms with E-state index in [0.717, 1.165) is 22.3 Å². The number of nitro groups is 1. The molecule has 3 aromatic rings. The Bertz CT molecular complexity index is 1160. The van der Waals surface area contributed by atoms with Gasteiger partial charge in [0.1, 0.15) is 12.6 Å². The Morgan fingerprint density at radius 3 is 2.24 bits per heavy atom. The molecule has 1 N–H and O–H groups in total. The maximum atomic E-state index is 12.6. The van der Waals surface area contributed by atoms with Crippen LogP contribution in [0.3, 0.4) is 0 Å². The van der Waals surface area contributed by atoms with Gasteiger partial charge >= 0.3 is 12.1 Å². The number of hydrogen-bond acceptors (Lipinski definition) is 6. The van der Waals surface area contributed by atoms with Gasteiger partial charge in [0.2, 0.25) is 0 Å². The fourth-order valence-corrected chi connectivity index (χ4v) is 4.15. The largest absolute Gasteiger partial charge is 0.467 e. The summed E-state index contributed by atoms with van der Waals surface area (Å²) in [5.74, 6) is -0.786. The highest BCUT2D eigenvalue weighted by Gasteiger charge is 2.30. The number of nitro benzene ring substituents is 1. The molecule has 0 saturated heterocycles. The maximum Gasteiger partial charge on any atom is 0.407 e. The first-order chi connectivity index (χ1) is 16.0. The van der Waals surface area contributed by atoms with Crippen molar-refractivity contribution in [3.63, 3.8) is 0 Å². The molecule has 0 bridgehead atoms. The molecule has 3 aromatic carbocycles. The molecule has 1 aliphatic rings. The lowest BCUT2D eigenvalue weighted by molar-refractivity contribution is -0.384. The van der Waals surface area contributed by atoms with Crippen LogP contribution < -0.4 is 5.32 Å². The first kappa shape index (κ1) is 22.0. The predicted octanol–water partition coefficient (Wildman–Crippen LogP) is 4.22. The minimum Gasteiger partial charge on any atom is -0.467 e. The molecule has 0 fully saturated rings. The number of methoxy groups -OCH3 is 1. The Kier molecular flexibility index (Phi) is 6.35. The number of esters is 1. The van der Waals surface area contributed by atoms with Crippen molar-refractivity contribution in [2.75, 3.05) is 13.7 Å². The molecular formula is C25H22N2O6. The van der Waals surface area contributed by atoms with Crippen LogP contribution >= 0.6 is 0 Å². The van der Waals surface area contributed by atoms with E-state index < -0.39 is 23.0 Å². The molecule has 8 nitrogen and oxygen atoms in total. The molecule has 1 amide bonds. The smallest absolute Gasteiger partial charge is 0.407 e. The number of non-ortho nitro benzene ring substituents is 1. The molecule has 1 aliphatic carbocycles. The maximum absolute atomic E-state index is 12.6. The van der Waals surface area contributed by atoms with Crippen LogP contribution in [0.4, 0.5) is 10.5 Å². The number of alkyl carbamates (subject to hydrolysis) is 1. The Morgan fingerprint density at radius 1 is 1.00 bits per heavy atom. The third-order valence-corrected chi connectivity index (χ3v) is 5.68. The van der Waals surface area contributed by atoms with Crippen molar-refractivity contribution in [3.8, 4) is 11.1 Å². The van der Waals surface area contributed by atoms with E-state index in [4.69, 9.17) is 9.47 Å². The van der Waals surface area contributed by atoms with Crippen LogP contribution in [0.2, 0.25) is 0 Å². The highest BCUT2D eigenvalue weighted by atomic mass is 16.6. The van der Waals surface area contributed by atoms with Gasteiger partial charge in [-0.2, -0.15) is 0 Å². The molecule has 1 atom stereocenters. The van der Waals surface area contributed by atoms with Crippen LogP contribution in [0.5, 0.6) is 0 Å². The number of nitrogens with one attached hydrogen (secondary N) is 1. The number of carbonyl (C=O) groups is 2. The second kappa shape index (κ2) is 9.52. The number of rotatable bonds is 7. The number of nitrogens with zero attached hydrogens (tertiary/aromatic N) is 1. The second-order valence-electron chi connectivity index (χ2n) is 7.68. The standard InChI is InChI=1S/C25H22N2O6/c1-32-24(28)23(14-16-7-6-8-17(13-16)27(30)31)26-25(29)33-15-22-20-11-4-2-9-18(20)19-10-3-5-12-21(19)22/h2-13,22-23H,14-15H2,1H3,(H,26,29)/t23-/m0/s1. The van der Waals surface area contributed by atoms with Gasteiger partial charge in [-0.1, -0.05) is 60.7 Å². The Balaban J connectivity index is 1.45. The summed E-state index contributed by atoms with van der Waals surface area (Å²) in [6, 6.07) is 20.8. The zero-order valence-electron chi connectivity index (χ0n) is 17.9. The zero-order chi connectivity index (χ0) is 23.4. The fraction of sp³-hybridized carbons (Fsp3) is 0.200. The molecule has 0 radical (unpaired) electrons. The zero-order valence-corrected chi connectivity index (χ0v) is 17.9. The van der Waals surface area contributed by atoms with Gasteiger partial charge in [0.15, 0.2) is 0 Å². The molecule has 4 rings (SSSR count). The second-order valence-corrected chi connectivity index (χ2v) is 7.68. The van der Waals surface area contributed by atoms with Crippen molar-refractivity contribution in [1.29, 1.82) is 0 Å². The molecule has 0 spiro atoms. The van der Waals surface area contributed by atoms with Crippen LogP contribution in [-0.4, -0.2) is 36.7 Å². The number of fused-ring (bicyclic) bond motifs is 3. The van der Waals surface area contributed by atoms with Crippen molar-refractivity contribution in [1.82, 2.24) is 5.32 Å². The van der Waals surface area contributed by atoms with E-state index in [9.17, 15) is 19.7 Å². The monoisotopic (exact) mass is 446 g/mol. The van der Waals surface area contributed by atoms with Gasteiger partial charge in [0.25, 0.3) is 5.69 Å². The third-order valence-electron chi connectivity index (χ3n) is 5.68. The van der Waals surface area contributed by atoms with Crippen LogP contribution in [0.1, 0.15) is 22.6 Å². The summed E-state index contributed by atoms with van der Waals surface area (Å²) in [5.41, 5.74) is 4.79. The topological polar surface area (TPSA) is 108 Å². The van der Waals surface area contributed by atoms with Gasteiger partial charge in [-0.15, -0.1) is 0 Å². The fourth-order valence-electron chi connectivity index (χ4n) is 4.15. The van der Waals surface area contributed by atoms with Crippen molar-refractivity contribution < 1.29 is 24.0 Å². The number of amides is 1. The van der Waals surface area contributed by atoms with Gasteiger partial charge in [-0.25, -0.2) is 9.59 Å². The van der Waals surface area contributed by atoms with E-state index in [1.165, 1.54) is 25.3 Å². The Labute approximate surface area is 190 Å². The Morgan fingerprint density at radius 2 is 1.64 bits per heavy atom. The number of ether oxygens (including phenoxy) is 2. The van der Waals surface area contributed by atoms with Gasteiger partial charge in [-0.05, 0) is 27.8 Å². The lowest BCUT2D eigenvalue weighted by Gasteiger charge is -2.18. The summed E-state index contributed by atoms with van der Waals surface area (Å²) in [4.78, 5) is 35.3. The Hall–Kier alpha value is -4.20. The number of hydrogen-bond donors (Lipinski definition) is 1. The summed E-state index contributed by atoms with van der Waals surface area (Å²) in [6.07, 6.45) is -0.740. The van der Waals surface area contributed by atoms with Gasteiger partial charge in [0, 0.05) is 24.5 Å². The molecular weight excluding hydrogens is 424 g/mol. The molecule has 8 heteroatoms. The summed E-state index contributed by atoms with van der Waals surface area (Å²) in [7, 11) is 1.21. The number of benzene rings is 3. The third kappa shape index (κ3) is 4.69. The van der Waals surface area contributed by atoms with Crippen LogP contribution in [-0.2, 0) is 20.7 Å². The average molecular weight is 446 g/mol. The quantitative estimate of drug-likeness (QED) is 0.331. The summed E-state index contributed by atoms with van der Waals surface area (Å²) in [5, 5.41) is 13.5. The van der Waals surface area contributed by atoms with Crippen molar-refractivity contribution >= 4 is 17.7 Å². The van der Waals surface area contributed by atoms with E-state index in [-0.39, 0.29) is 24.6 Å². The summed E-state index contributed by atoms with van der Waals surface area (Å²) < 4.78 is 10.3. The lowest BCUT2D eigenvalue weighted by Crippen LogP contribution is -2.43. The normalized spacial score (nSPS) is 12.9. The van der Waals surface area contributed by atoms with E-state index in [1.807, 2.05) is 48.5 Å². The first-order valence-corrected chi connectivity index (χ1v) is 10.4. The molecule has 168 valence electrons. The molecule has 0 heterocycles. The minimum absolute atomic E-state index is 0.0263. The highest BCUT2D eigenvalue weighted by molar-refractivity contribution is 5.82. The van der Waals surface area contributed by atoms with E-state index in [2.05, 4.69) is 5.32 Å². The van der Waals surface area contributed by atoms with Crippen LogP contribution in [0, 0.1) is 10.1 Å². The van der Waals surface area contributed by atoms with Crippen molar-refractivity contribution in [2.24, 2.45) is 0 Å². The molecule has 33 heavy (non-hydrogen) atoms. The summed E-state index contributed by atoms with van der Waals surface area (Å²) >= 11 is 0. The highest BCUT2D eigenvalue weighted by Crippen LogP contribution is 2.44. The molecule has 0 aromatic heterocycles. The lowest BCUT2D eigenvalue weighted by atomic mass is 9.98. The predicted molar refractivity (Wildman–Crippen MR) is 121 cm³/mol. The van der Waals surface area contributed by atoms with E-state index >= 15 is 0 Å². The molecule has 0 saturated carbocycles. The van der Waals surface area contributed by atoms with Gasteiger partial charge < -0.3 is 14.8 Å². The molecule has 0 unspecified atom stereocenters. The first-order valence-electron chi connectivity index (χ1n) is 10.4. The van der Waals surface area contributed by atoms with E-state index in [1.54, 1.807) is 6.07 Å². The van der Waals surface area contributed by atoms with Crippen LogP contribution in [0.15, 0.2) is 72.8 Å². The van der Waals surface area contributed by atoms with Gasteiger partial charge in [0.05, 0.1) is 12.0 Å². The minimum atomic E-state index is -1.05.